The third-order valence-electron chi connectivity index (χ3n) is 3.16. The van der Waals surface area contributed by atoms with Crippen LogP contribution >= 0.6 is 11.8 Å². The second-order valence-electron chi connectivity index (χ2n) is 4.93. The molecule has 0 unspecified atom stereocenters. The summed E-state index contributed by atoms with van der Waals surface area (Å²) < 4.78 is 25.0. The van der Waals surface area contributed by atoms with Gasteiger partial charge < -0.3 is 10.4 Å². The standard InChI is InChI=1S/C17H17F2NO2S/c18-17(19)23-15-9-5-4-8-14(15)16(22)20-11-13(21)10-12-6-2-1-3-7-12/h1-9,13,17,21H,10-11H2,(H,20,22)/t13-/m1/s1. The summed E-state index contributed by atoms with van der Waals surface area (Å²) in [5, 5.41) is 12.6. The zero-order chi connectivity index (χ0) is 16.7. The molecule has 122 valence electrons. The van der Waals surface area contributed by atoms with Crippen molar-refractivity contribution in [1.82, 2.24) is 5.32 Å². The number of aliphatic hydroxyl groups excluding tert-OH is 1. The molecule has 0 saturated heterocycles. The first-order valence-corrected chi connectivity index (χ1v) is 7.98. The maximum atomic E-state index is 12.5. The lowest BCUT2D eigenvalue weighted by molar-refractivity contribution is 0.0913. The number of alkyl halides is 2. The van der Waals surface area contributed by atoms with Gasteiger partial charge in [0.25, 0.3) is 11.7 Å². The summed E-state index contributed by atoms with van der Waals surface area (Å²) in [6, 6.07) is 15.6. The lowest BCUT2D eigenvalue weighted by Gasteiger charge is -2.13. The quantitative estimate of drug-likeness (QED) is 0.762. The Hall–Kier alpha value is -1.92. The Morgan fingerprint density at radius 2 is 1.74 bits per heavy atom. The summed E-state index contributed by atoms with van der Waals surface area (Å²) >= 11 is 0.334. The average molecular weight is 337 g/mol. The van der Waals surface area contributed by atoms with Crippen molar-refractivity contribution in [2.45, 2.75) is 23.2 Å². The van der Waals surface area contributed by atoms with E-state index in [0.717, 1.165) is 5.56 Å². The minimum atomic E-state index is -2.59. The molecular formula is C17H17F2NO2S. The van der Waals surface area contributed by atoms with Crippen molar-refractivity contribution in [3.63, 3.8) is 0 Å². The zero-order valence-corrected chi connectivity index (χ0v) is 13.1. The van der Waals surface area contributed by atoms with Crippen LogP contribution in [0.1, 0.15) is 15.9 Å². The van der Waals surface area contributed by atoms with E-state index < -0.39 is 17.8 Å². The number of benzene rings is 2. The van der Waals surface area contributed by atoms with Gasteiger partial charge in [-0.3, -0.25) is 4.79 Å². The van der Waals surface area contributed by atoms with Crippen molar-refractivity contribution in [3.05, 3.63) is 65.7 Å². The highest BCUT2D eigenvalue weighted by molar-refractivity contribution is 7.99. The molecule has 2 aromatic carbocycles. The Morgan fingerprint density at radius 3 is 2.43 bits per heavy atom. The van der Waals surface area contributed by atoms with E-state index in [-0.39, 0.29) is 17.0 Å². The number of amides is 1. The van der Waals surface area contributed by atoms with E-state index in [4.69, 9.17) is 0 Å². The van der Waals surface area contributed by atoms with Gasteiger partial charge in [0.15, 0.2) is 0 Å². The van der Waals surface area contributed by atoms with Crippen molar-refractivity contribution >= 4 is 17.7 Å². The number of aliphatic hydroxyl groups is 1. The summed E-state index contributed by atoms with van der Waals surface area (Å²) in [5.74, 6) is -3.06. The van der Waals surface area contributed by atoms with E-state index in [9.17, 15) is 18.7 Å². The van der Waals surface area contributed by atoms with Crippen LogP contribution in [-0.2, 0) is 6.42 Å². The number of halogens is 2. The molecule has 0 aliphatic heterocycles. The summed E-state index contributed by atoms with van der Waals surface area (Å²) in [6.45, 7) is 0.0570. The van der Waals surface area contributed by atoms with E-state index in [1.165, 1.54) is 12.1 Å². The second kappa shape index (κ2) is 8.64. The zero-order valence-electron chi connectivity index (χ0n) is 12.3. The normalized spacial score (nSPS) is 12.2. The van der Waals surface area contributed by atoms with Crippen molar-refractivity contribution in [2.24, 2.45) is 0 Å². The molecule has 0 aliphatic carbocycles. The summed E-state index contributed by atoms with van der Waals surface area (Å²) in [7, 11) is 0. The Kier molecular flexibility index (Phi) is 6.55. The molecule has 6 heteroatoms. The smallest absolute Gasteiger partial charge is 0.288 e. The second-order valence-corrected chi connectivity index (χ2v) is 5.96. The van der Waals surface area contributed by atoms with Crippen LogP contribution in [0.3, 0.4) is 0 Å². The largest absolute Gasteiger partial charge is 0.391 e. The molecule has 0 aliphatic rings. The molecule has 0 heterocycles. The Labute approximate surface area is 137 Å². The topological polar surface area (TPSA) is 49.3 Å². The molecule has 1 amide bonds. The molecule has 3 nitrogen and oxygen atoms in total. The molecule has 1 atom stereocenters. The number of carbonyl (C=O) groups excluding carboxylic acids is 1. The monoisotopic (exact) mass is 337 g/mol. The fourth-order valence-corrected chi connectivity index (χ4v) is 2.75. The van der Waals surface area contributed by atoms with Crippen LogP contribution in [0.25, 0.3) is 0 Å². The average Bonchev–Trinajstić information content (AvgIpc) is 2.53. The van der Waals surface area contributed by atoms with Crippen LogP contribution in [0.4, 0.5) is 8.78 Å². The molecule has 0 saturated carbocycles. The molecule has 2 N–H and O–H groups in total. The van der Waals surface area contributed by atoms with E-state index in [2.05, 4.69) is 5.32 Å². The van der Waals surface area contributed by atoms with Crippen LogP contribution in [0.5, 0.6) is 0 Å². The van der Waals surface area contributed by atoms with Gasteiger partial charge in [0.05, 0.1) is 11.7 Å². The third-order valence-corrected chi connectivity index (χ3v) is 3.95. The molecule has 23 heavy (non-hydrogen) atoms. The van der Waals surface area contributed by atoms with Gasteiger partial charge >= 0.3 is 0 Å². The molecule has 0 bridgehead atoms. The third kappa shape index (κ3) is 5.65. The number of hydrogen-bond acceptors (Lipinski definition) is 3. The minimum Gasteiger partial charge on any atom is -0.391 e. The first kappa shape index (κ1) is 17.4. The fourth-order valence-electron chi connectivity index (χ4n) is 2.12. The van der Waals surface area contributed by atoms with Gasteiger partial charge in [-0.25, -0.2) is 0 Å². The van der Waals surface area contributed by atoms with Gasteiger partial charge in [-0.05, 0) is 17.7 Å². The van der Waals surface area contributed by atoms with E-state index >= 15 is 0 Å². The van der Waals surface area contributed by atoms with Gasteiger partial charge in [-0.1, -0.05) is 54.2 Å². The van der Waals surface area contributed by atoms with Crippen LogP contribution in [0, 0.1) is 0 Å². The Morgan fingerprint density at radius 1 is 1.09 bits per heavy atom. The van der Waals surface area contributed by atoms with Crippen LogP contribution in [0.15, 0.2) is 59.5 Å². The van der Waals surface area contributed by atoms with Crippen molar-refractivity contribution in [1.29, 1.82) is 0 Å². The lowest BCUT2D eigenvalue weighted by atomic mass is 10.1. The van der Waals surface area contributed by atoms with Crippen molar-refractivity contribution in [2.75, 3.05) is 6.54 Å². The van der Waals surface area contributed by atoms with Crippen molar-refractivity contribution in [3.8, 4) is 0 Å². The maximum absolute atomic E-state index is 12.5. The van der Waals surface area contributed by atoms with E-state index in [1.54, 1.807) is 12.1 Å². The molecular weight excluding hydrogens is 320 g/mol. The minimum absolute atomic E-state index is 0.0570. The van der Waals surface area contributed by atoms with Crippen LogP contribution < -0.4 is 5.32 Å². The molecule has 0 fully saturated rings. The highest BCUT2D eigenvalue weighted by Gasteiger charge is 2.16. The molecule has 0 radical (unpaired) electrons. The highest BCUT2D eigenvalue weighted by Crippen LogP contribution is 2.28. The number of rotatable bonds is 7. The molecule has 0 aromatic heterocycles. The van der Waals surface area contributed by atoms with Gasteiger partial charge in [0.2, 0.25) is 0 Å². The van der Waals surface area contributed by atoms with E-state index in [0.29, 0.717) is 18.2 Å². The number of thioether (sulfide) groups is 1. The summed E-state index contributed by atoms with van der Waals surface area (Å²) in [5.41, 5.74) is 1.15. The lowest BCUT2D eigenvalue weighted by Crippen LogP contribution is -2.33. The van der Waals surface area contributed by atoms with Gasteiger partial charge in [0.1, 0.15) is 0 Å². The summed E-state index contributed by atoms with van der Waals surface area (Å²) in [4.78, 5) is 12.3. The van der Waals surface area contributed by atoms with Crippen molar-refractivity contribution < 1.29 is 18.7 Å². The molecule has 2 rings (SSSR count). The number of hydrogen-bond donors (Lipinski definition) is 2. The first-order valence-electron chi connectivity index (χ1n) is 7.10. The van der Waals surface area contributed by atoms with Crippen LogP contribution in [0.2, 0.25) is 0 Å². The van der Waals surface area contributed by atoms with E-state index in [1.807, 2.05) is 30.3 Å². The predicted molar refractivity (Wildman–Crippen MR) is 86.8 cm³/mol. The van der Waals surface area contributed by atoms with Crippen LogP contribution in [-0.4, -0.2) is 29.4 Å². The SMILES string of the molecule is O=C(NC[C@H](O)Cc1ccccc1)c1ccccc1SC(F)F. The highest BCUT2D eigenvalue weighted by atomic mass is 32.2. The number of carbonyl (C=O) groups is 1. The Balaban J connectivity index is 1.92. The maximum Gasteiger partial charge on any atom is 0.288 e. The van der Waals surface area contributed by atoms with Gasteiger partial charge in [-0.15, -0.1) is 0 Å². The fraction of sp³-hybridized carbons (Fsp3) is 0.235. The molecule has 2 aromatic rings. The number of nitrogens with one attached hydrogen (secondary N) is 1. The van der Waals surface area contributed by atoms with Gasteiger partial charge in [0, 0.05) is 17.9 Å². The first-order chi connectivity index (χ1) is 11.1. The summed E-state index contributed by atoms with van der Waals surface area (Å²) in [6.07, 6.45) is -0.328. The molecule has 0 spiro atoms. The van der Waals surface area contributed by atoms with Gasteiger partial charge in [-0.2, -0.15) is 8.78 Å². The predicted octanol–water partition coefficient (Wildman–Crippen LogP) is 3.33. The Bertz CT molecular complexity index is 638.